The molecule has 0 atom stereocenters. The molecule has 0 fully saturated rings. The molecule has 0 unspecified atom stereocenters. The predicted octanol–water partition coefficient (Wildman–Crippen LogP) is 3.87. The largest absolute Gasteiger partial charge is 0.351 e. The van der Waals surface area contributed by atoms with E-state index >= 15 is 0 Å². The molecule has 0 saturated carbocycles. The summed E-state index contributed by atoms with van der Waals surface area (Å²) in [7, 11) is 0. The lowest BCUT2D eigenvalue weighted by Crippen LogP contribution is -2.26. The summed E-state index contributed by atoms with van der Waals surface area (Å²) in [5, 5.41) is 6.18. The van der Waals surface area contributed by atoms with Gasteiger partial charge in [-0.25, -0.2) is 9.97 Å². The lowest BCUT2D eigenvalue weighted by Gasteiger charge is -2.13. The van der Waals surface area contributed by atoms with E-state index in [1.54, 1.807) is 6.20 Å². The van der Waals surface area contributed by atoms with Crippen LogP contribution in [0.25, 0.3) is 0 Å². The van der Waals surface area contributed by atoms with Gasteiger partial charge in [-0.2, -0.15) is 0 Å². The first kappa shape index (κ1) is 17.9. The van der Waals surface area contributed by atoms with E-state index in [4.69, 9.17) is 0 Å². The van der Waals surface area contributed by atoms with Crippen LogP contribution in [0, 0.1) is 12.8 Å². The number of carbonyl (C=O) groups is 1. The van der Waals surface area contributed by atoms with Crippen molar-refractivity contribution in [1.82, 2.24) is 15.3 Å². The van der Waals surface area contributed by atoms with E-state index in [2.05, 4.69) is 66.5 Å². The highest BCUT2D eigenvalue weighted by molar-refractivity contribution is 5.92. The van der Waals surface area contributed by atoms with Crippen LogP contribution in [0.4, 0.5) is 11.5 Å². The zero-order valence-electron chi connectivity index (χ0n) is 14.9. The molecule has 1 amide bonds. The molecule has 2 N–H and O–H groups in total. The van der Waals surface area contributed by atoms with Gasteiger partial charge in [0.25, 0.3) is 5.91 Å². The Bertz CT molecular complexity index is 680. The quantitative estimate of drug-likeness (QED) is 0.810. The Morgan fingerprint density at radius 2 is 2.00 bits per heavy atom. The molecular formula is C19H26N4O. The third kappa shape index (κ3) is 4.78. The van der Waals surface area contributed by atoms with Crippen LogP contribution in [0.15, 0.2) is 30.6 Å². The molecule has 128 valence electrons. The van der Waals surface area contributed by atoms with E-state index in [9.17, 15) is 4.79 Å². The maximum absolute atomic E-state index is 12.0. The van der Waals surface area contributed by atoms with Crippen molar-refractivity contribution >= 4 is 17.4 Å². The van der Waals surface area contributed by atoms with Crippen molar-refractivity contribution in [2.24, 2.45) is 5.92 Å². The summed E-state index contributed by atoms with van der Waals surface area (Å²) in [6.45, 7) is 9.09. The average molecular weight is 326 g/mol. The van der Waals surface area contributed by atoms with E-state index in [-0.39, 0.29) is 5.91 Å². The summed E-state index contributed by atoms with van der Waals surface area (Å²) >= 11 is 0. The van der Waals surface area contributed by atoms with Crippen molar-refractivity contribution in [3.05, 3.63) is 47.4 Å². The van der Waals surface area contributed by atoms with E-state index < -0.39 is 0 Å². The summed E-state index contributed by atoms with van der Waals surface area (Å²) in [4.78, 5) is 20.6. The molecule has 5 nitrogen and oxygen atoms in total. The SMILES string of the molecule is CCc1cccc(C)c1Nc1cnc(C(=O)NCCC(C)C)cn1. The second kappa shape index (κ2) is 8.43. The molecule has 2 aromatic rings. The van der Waals surface area contributed by atoms with Crippen molar-refractivity contribution in [2.45, 2.75) is 40.5 Å². The number of hydrogen-bond donors (Lipinski definition) is 2. The topological polar surface area (TPSA) is 66.9 Å². The molecule has 24 heavy (non-hydrogen) atoms. The Morgan fingerprint density at radius 3 is 2.62 bits per heavy atom. The zero-order chi connectivity index (χ0) is 17.5. The number of amides is 1. The van der Waals surface area contributed by atoms with Gasteiger partial charge in [0.15, 0.2) is 0 Å². The van der Waals surface area contributed by atoms with Crippen LogP contribution >= 0.6 is 0 Å². The fraction of sp³-hybridized carbons (Fsp3) is 0.421. The van der Waals surface area contributed by atoms with Crippen molar-refractivity contribution < 1.29 is 4.79 Å². The van der Waals surface area contributed by atoms with Crippen LogP contribution in [-0.2, 0) is 6.42 Å². The third-order valence-electron chi connectivity index (χ3n) is 3.88. The van der Waals surface area contributed by atoms with Gasteiger partial charge in [0.05, 0.1) is 12.4 Å². The normalized spacial score (nSPS) is 10.7. The second-order valence-electron chi connectivity index (χ2n) is 6.31. The van der Waals surface area contributed by atoms with Crippen LogP contribution in [0.1, 0.15) is 48.8 Å². The summed E-state index contributed by atoms with van der Waals surface area (Å²) in [5.74, 6) is 1.02. The molecule has 2 rings (SSSR count). The highest BCUT2D eigenvalue weighted by Crippen LogP contribution is 2.24. The number of aryl methyl sites for hydroxylation is 2. The molecule has 0 radical (unpaired) electrons. The average Bonchev–Trinajstić information content (AvgIpc) is 2.57. The number of benzene rings is 1. The molecule has 0 aliphatic rings. The van der Waals surface area contributed by atoms with Crippen molar-refractivity contribution in [2.75, 3.05) is 11.9 Å². The van der Waals surface area contributed by atoms with Gasteiger partial charge in [-0.15, -0.1) is 0 Å². The molecule has 0 aliphatic carbocycles. The lowest BCUT2D eigenvalue weighted by atomic mass is 10.1. The number of carbonyl (C=O) groups excluding carboxylic acids is 1. The van der Waals surface area contributed by atoms with Crippen LogP contribution in [0.5, 0.6) is 0 Å². The van der Waals surface area contributed by atoms with Gasteiger partial charge in [0.1, 0.15) is 11.5 Å². The molecule has 1 aromatic carbocycles. The summed E-state index contributed by atoms with van der Waals surface area (Å²) in [6, 6.07) is 6.21. The first-order chi connectivity index (χ1) is 11.5. The Labute approximate surface area is 143 Å². The molecule has 1 aromatic heterocycles. The number of hydrogen-bond acceptors (Lipinski definition) is 4. The fourth-order valence-corrected chi connectivity index (χ4v) is 2.40. The van der Waals surface area contributed by atoms with E-state index in [0.29, 0.717) is 24.0 Å². The standard InChI is InChI=1S/C19H26N4O/c1-5-15-8-6-7-14(4)18(15)23-17-12-21-16(11-22-17)19(24)20-10-9-13(2)3/h6-8,11-13H,5,9-10H2,1-4H3,(H,20,24)(H,22,23). The number of para-hydroxylation sites is 1. The zero-order valence-corrected chi connectivity index (χ0v) is 14.9. The Morgan fingerprint density at radius 1 is 1.21 bits per heavy atom. The van der Waals surface area contributed by atoms with Crippen molar-refractivity contribution in [3.63, 3.8) is 0 Å². The van der Waals surface area contributed by atoms with Gasteiger partial charge in [-0.05, 0) is 36.8 Å². The number of anilines is 2. The highest BCUT2D eigenvalue weighted by atomic mass is 16.1. The third-order valence-corrected chi connectivity index (χ3v) is 3.88. The Hall–Kier alpha value is -2.43. The molecule has 5 heteroatoms. The van der Waals surface area contributed by atoms with Crippen LogP contribution in [0.2, 0.25) is 0 Å². The molecule has 0 aliphatic heterocycles. The first-order valence-electron chi connectivity index (χ1n) is 8.47. The minimum Gasteiger partial charge on any atom is -0.351 e. The minimum atomic E-state index is -0.181. The molecule has 1 heterocycles. The van der Waals surface area contributed by atoms with Gasteiger partial charge in [0, 0.05) is 12.2 Å². The Kier molecular flexibility index (Phi) is 6.29. The molecular weight excluding hydrogens is 300 g/mol. The van der Waals surface area contributed by atoms with Crippen LogP contribution in [0.3, 0.4) is 0 Å². The fourth-order valence-electron chi connectivity index (χ4n) is 2.40. The van der Waals surface area contributed by atoms with Gasteiger partial charge < -0.3 is 10.6 Å². The Balaban J connectivity index is 2.04. The van der Waals surface area contributed by atoms with Crippen molar-refractivity contribution in [1.29, 1.82) is 0 Å². The number of nitrogens with zero attached hydrogens (tertiary/aromatic N) is 2. The van der Waals surface area contributed by atoms with Gasteiger partial charge in [-0.1, -0.05) is 39.0 Å². The monoisotopic (exact) mass is 326 g/mol. The van der Waals surface area contributed by atoms with E-state index in [0.717, 1.165) is 24.1 Å². The van der Waals surface area contributed by atoms with Gasteiger partial charge in [-0.3, -0.25) is 4.79 Å². The molecule has 0 bridgehead atoms. The summed E-state index contributed by atoms with van der Waals surface area (Å²) in [5.41, 5.74) is 3.78. The molecule has 0 spiro atoms. The van der Waals surface area contributed by atoms with Crippen molar-refractivity contribution in [3.8, 4) is 0 Å². The molecule has 0 saturated heterocycles. The smallest absolute Gasteiger partial charge is 0.271 e. The van der Waals surface area contributed by atoms with E-state index in [1.165, 1.54) is 11.8 Å². The summed E-state index contributed by atoms with van der Waals surface area (Å²) < 4.78 is 0. The highest BCUT2D eigenvalue weighted by Gasteiger charge is 2.09. The lowest BCUT2D eigenvalue weighted by molar-refractivity contribution is 0.0946. The first-order valence-corrected chi connectivity index (χ1v) is 8.47. The predicted molar refractivity (Wildman–Crippen MR) is 97.7 cm³/mol. The number of rotatable bonds is 7. The van der Waals surface area contributed by atoms with E-state index in [1.807, 2.05) is 0 Å². The summed E-state index contributed by atoms with van der Waals surface area (Å²) in [6.07, 6.45) is 5.00. The second-order valence-corrected chi connectivity index (χ2v) is 6.31. The van der Waals surface area contributed by atoms with Gasteiger partial charge >= 0.3 is 0 Å². The number of aromatic nitrogens is 2. The van der Waals surface area contributed by atoms with Gasteiger partial charge in [0.2, 0.25) is 0 Å². The van der Waals surface area contributed by atoms with Crippen LogP contribution in [-0.4, -0.2) is 22.4 Å². The minimum absolute atomic E-state index is 0.181. The van der Waals surface area contributed by atoms with Crippen LogP contribution < -0.4 is 10.6 Å². The number of nitrogens with one attached hydrogen (secondary N) is 2. The maximum atomic E-state index is 12.0. The maximum Gasteiger partial charge on any atom is 0.271 e.